The summed E-state index contributed by atoms with van der Waals surface area (Å²) in [5.74, 6) is 0.783. The summed E-state index contributed by atoms with van der Waals surface area (Å²) in [6.07, 6.45) is 3.36. The molecule has 0 aliphatic carbocycles. The fraction of sp³-hybridized carbons (Fsp3) is 0.800. The summed E-state index contributed by atoms with van der Waals surface area (Å²) in [4.78, 5) is 4.90. The highest BCUT2D eigenvalue weighted by Crippen LogP contribution is 2.17. The highest BCUT2D eigenvalue weighted by Gasteiger charge is 2.23. The summed E-state index contributed by atoms with van der Waals surface area (Å²) in [5.41, 5.74) is 1.17. The van der Waals surface area contributed by atoms with Crippen LogP contribution in [0.1, 0.15) is 19.0 Å². The molecule has 2 heterocycles. The number of likely N-dealkylation sites (tertiary alicyclic amines) is 1. The van der Waals surface area contributed by atoms with Crippen LogP contribution in [0.3, 0.4) is 0 Å². The molecule has 5 heteroatoms. The highest BCUT2D eigenvalue weighted by atomic mass is 16.5. The van der Waals surface area contributed by atoms with Crippen molar-refractivity contribution in [3.63, 3.8) is 0 Å². The van der Waals surface area contributed by atoms with Crippen molar-refractivity contribution in [2.75, 3.05) is 46.9 Å². The first kappa shape index (κ1) is 15.5. The lowest BCUT2D eigenvalue weighted by molar-refractivity contribution is 0.157. The molecule has 1 aliphatic rings. The number of hydrogen-bond acceptors (Lipinski definition) is 4. The van der Waals surface area contributed by atoms with Gasteiger partial charge in [-0.15, -0.1) is 0 Å². The SMILES string of the molecule is CCn1ccc(CN(C)CC2CCN(CCOC)C2)n1. The third-order valence-corrected chi connectivity index (χ3v) is 4.00. The van der Waals surface area contributed by atoms with E-state index in [0.29, 0.717) is 0 Å². The van der Waals surface area contributed by atoms with Crippen molar-refractivity contribution in [2.45, 2.75) is 26.4 Å². The third kappa shape index (κ3) is 4.58. The standard InChI is InChI=1S/C15H28N4O/c1-4-19-8-6-15(16-19)13-17(2)11-14-5-7-18(12-14)9-10-20-3/h6,8,14H,4-5,7,9-13H2,1-3H3. The second kappa shape index (κ2) is 7.76. The van der Waals surface area contributed by atoms with E-state index >= 15 is 0 Å². The fourth-order valence-corrected chi connectivity index (χ4v) is 2.93. The predicted octanol–water partition coefficient (Wildman–Crippen LogP) is 1.30. The van der Waals surface area contributed by atoms with Crippen molar-refractivity contribution in [1.82, 2.24) is 19.6 Å². The quantitative estimate of drug-likeness (QED) is 0.719. The summed E-state index contributed by atoms with van der Waals surface area (Å²) < 4.78 is 7.14. The molecule has 0 bridgehead atoms. The van der Waals surface area contributed by atoms with Gasteiger partial charge < -0.3 is 14.5 Å². The van der Waals surface area contributed by atoms with Gasteiger partial charge in [-0.25, -0.2) is 0 Å². The van der Waals surface area contributed by atoms with Gasteiger partial charge in [0, 0.05) is 46.0 Å². The van der Waals surface area contributed by atoms with Crippen LogP contribution in [0, 0.1) is 5.92 Å². The average Bonchev–Trinajstić information content (AvgIpc) is 3.05. The topological polar surface area (TPSA) is 33.5 Å². The van der Waals surface area contributed by atoms with Crippen LogP contribution < -0.4 is 0 Å². The number of aryl methyl sites for hydroxylation is 1. The summed E-state index contributed by atoms with van der Waals surface area (Å²) in [6.45, 7) is 9.50. The number of rotatable bonds is 8. The van der Waals surface area contributed by atoms with E-state index in [9.17, 15) is 0 Å². The molecule has 1 saturated heterocycles. The molecule has 1 aromatic rings. The molecule has 1 fully saturated rings. The largest absolute Gasteiger partial charge is 0.383 e. The number of nitrogens with zero attached hydrogens (tertiary/aromatic N) is 4. The van der Waals surface area contributed by atoms with E-state index in [-0.39, 0.29) is 0 Å². The van der Waals surface area contributed by atoms with Crippen molar-refractivity contribution in [1.29, 1.82) is 0 Å². The van der Waals surface area contributed by atoms with Crippen molar-refractivity contribution in [3.8, 4) is 0 Å². The third-order valence-electron chi connectivity index (χ3n) is 4.00. The molecule has 2 rings (SSSR count). The van der Waals surface area contributed by atoms with Crippen LogP contribution in [-0.4, -0.2) is 66.5 Å². The molecule has 0 radical (unpaired) electrons. The van der Waals surface area contributed by atoms with Crippen LogP contribution in [0.15, 0.2) is 12.3 Å². The molecule has 20 heavy (non-hydrogen) atoms. The van der Waals surface area contributed by atoms with Crippen molar-refractivity contribution < 1.29 is 4.74 Å². The lowest BCUT2D eigenvalue weighted by Crippen LogP contribution is -2.29. The average molecular weight is 280 g/mol. The molecule has 0 amide bonds. The van der Waals surface area contributed by atoms with E-state index in [1.807, 2.05) is 4.68 Å². The van der Waals surface area contributed by atoms with Gasteiger partial charge in [-0.1, -0.05) is 0 Å². The molecule has 1 aliphatic heterocycles. The maximum Gasteiger partial charge on any atom is 0.0764 e. The number of ether oxygens (including phenoxy) is 1. The number of aromatic nitrogens is 2. The summed E-state index contributed by atoms with van der Waals surface area (Å²) in [5, 5.41) is 4.55. The van der Waals surface area contributed by atoms with E-state index in [1.165, 1.54) is 25.2 Å². The van der Waals surface area contributed by atoms with Gasteiger partial charge in [0.2, 0.25) is 0 Å². The zero-order chi connectivity index (χ0) is 14.4. The van der Waals surface area contributed by atoms with Crippen molar-refractivity contribution in [2.24, 2.45) is 5.92 Å². The molecule has 1 aromatic heterocycles. The van der Waals surface area contributed by atoms with Gasteiger partial charge in [0.1, 0.15) is 0 Å². The Morgan fingerprint density at radius 1 is 1.50 bits per heavy atom. The summed E-state index contributed by atoms with van der Waals surface area (Å²) in [6, 6.07) is 2.12. The molecule has 114 valence electrons. The molecule has 0 N–H and O–H groups in total. The smallest absolute Gasteiger partial charge is 0.0764 e. The molecular weight excluding hydrogens is 252 g/mol. The van der Waals surface area contributed by atoms with E-state index in [0.717, 1.165) is 38.7 Å². The minimum absolute atomic E-state index is 0.783. The number of hydrogen-bond donors (Lipinski definition) is 0. The van der Waals surface area contributed by atoms with Crippen LogP contribution in [0.5, 0.6) is 0 Å². The maximum absolute atomic E-state index is 5.15. The Bertz CT molecular complexity index is 393. The molecule has 5 nitrogen and oxygen atoms in total. The Kier molecular flexibility index (Phi) is 6.01. The molecule has 1 atom stereocenters. The Labute approximate surface area is 122 Å². The van der Waals surface area contributed by atoms with E-state index in [2.05, 4.69) is 41.1 Å². The van der Waals surface area contributed by atoms with Crippen LogP contribution in [0.4, 0.5) is 0 Å². The van der Waals surface area contributed by atoms with E-state index < -0.39 is 0 Å². The Morgan fingerprint density at radius 3 is 3.05 bits per heavy atom. The van der Waals surface area contributed by atoms with Gasteiger partial charge in [-0.2, -0.15) is 5.10 Å². The van der Waals surface area contributed by atoms with Gasteiger partial charge in [-0.3, -0.25) is 4.68 Å². The maximum atomic E-state index is 5.15. The number of methoxy groups -OCH3 is 1. The molecule has 0 saturated carbocycles. The van der Waals surface area contributed by atoms with Crippen molar-refractivity contribution in [3.05, 3.63) is 18.0 Å². The monoisotopic (exact) mass is 280 g/mol. The highest BCUT2D eigenvalue weighted by molar-refractivity contribution is 4.98. The van der Waals surface area contributed by atoms with Crippen LogP contribution >= 0.6 is 0 Å². The van der Waals surface area contributed by atoms with Crippen molar-refractivity contribution >= 4 is 0 Å². The lowest BCUT2D eigenvalue weighted by atomic mass is 10.1. The second-order valence-corrected chi connectivity index (χ2v) is 5.81. The van der Waals surface area contributed by atoms with Gasteiger partial charge in [0.15, 0.2) is 0 Å². The summed E-state index contributed by atoms with van der Waals surface area (Å²) >= 11 is 0. The zero-order valence-corrected chi connectivity index (χ0v) is 13.1. The molecule has 0 aromatic carbocycles. The second-order valence-electron chi connectivity index (χ2n) is 5.81. The van der Waals surface area contributed by atoms with Gasteiger partial charge in [-0.05, 0) is 38.9 Å². The Balaban J connectivity index is 1.70. The van der Waals surface area contributed by atoms with Gasteiger partial charge in [0.25, 0.3) is 0 Å². The normalized spacial score (nSPS) is 20.1. The predicted molar refractivity (Wildman–Crippen MR) is 80.7 cm³/mol. The lowest BCUT2D eigenvalue weighted by Gasteiger charge is -2.20. The van der Waals surface area contributed by atoms with Gasteiger partial charge >= 0.3 is 0 Å². The van der Waals surface area contributed by atoms with Crippen LogP contribution in [0.25, 0.3) is 0 Å². The van der Waals surface area contributed by atoms with E-state index in [1.54, 1.807) is 7.11 Å². The Morgan fingerprint density at radius 2 is 2.35 bits per heavy atom. The van der Waals surface area contributed by atoms with Crippen LogP contribution in [0.2, 0.25) is 0 Å². The first-order valence-electron chi connectivity index (χ1n) is 7.63. The summed E-state index contributed by atoms with van der Waals surface area (Å²) in [7, 11) is 3.97. The Hall–Kier alpha value is -0.910. The first-order valence-corrected chi connectivity index (χ1v) is 7.63. The minimum Gasteiger partial charge on any atom is -0.383 e. The first-order chi connectivity index (χ1) is 9.71. The fourth-order valence-electron chi connectivity index (χ4n) is 2.93. The molecule has 1 unspecified atom stereocenters. The molecule has 0 spiro atoms. The van der Waals surface area contributed by atoms with Gasteiger partial charge in [0.05, 0.1) is 12.3 Å². The van der Waals surface area contributed by atoms with Crippen LogP contribution in [-0.2, 0) is 17.8 Å². The van der Waals surface area contributed by atoms with E-state index in [4.69, 9.17) is 4.74 Å². The molecular formula is C15H28N4O. The minimum atomic E-state index is 0.783. The zero-order valence-electron chi connectivity index (χ0n) is 13.1.